The highest BCUT2D eigenvalue weighted by Crippen LogP contribution is 1.99. The van der Waals surface area contributed by atoms with E-state index in [1.165, 1.54) is 11.9 Å². The van der Waals surface area contributed by atoms with Gasteiger partial charge in [0.05, 0.1) is 0 Å². The van der Waals surface area contributed by atoms with Crippen LogP contribution in [0.3, 0.4) is 0 Å². The molecule has 0 aromatic rings. The van der Waals surface area contributed by atoms with Crippen molar-refractivity contribution in [1.82, 2.24) is 4.83 Å². The molecule has 0 atom stereocenters. The minimum absolute atomic E-state index is 0.764. The molecule has 0 fully saturated rings. The number of hydrogen-bond acceptors (Lipinski definition) is 4. The van der Waals surface area contributed by atoms with E-state index in [0.29, 0.717) is 0 Å². The maximum absolute atomic E-state index is 3.56. The van der Waals surface area contributed by atoms with E-state index < -0.39 is 0 Å². The largest absolute Gasteiger partial charge is 0.232 e. The normalized spacial score (nSPS) is 19.2. The summed E-state index contributed by atoms with van der Waals surface area (Å²) in [7, 11) is 0. The Kier molecular flexibility index (Phi) is 0.744. The van der Waals surface area contributed by atoms with Crippen LogP contribution in [-0.4, -0.2) is 5.88 Å². The fourth-order valence-corrected chi connectivity index (χ4v) is 0.433. The van der Waals surface area contributed by atoms with Crippen molar-refractivity contribution < 1.29 is 0 Å². The molecule has 0 radical (unpaired) electrons. The second-order valence-electron chi connectivity index (χ2n) is 0.606. The van der Waals surface area contributed by atoms with Crippen LogP contribution in [0, 0.1) is 0 Å². The highest BCUT2D eigenvalue weighted by Gasteiger charge is 1.85. The predicted molar refractivity (Wildman–Crippen MR) is 20.4 cm³/mol. The van der Waals surface area contributed by atoms with E-state index in [-0.39, 0.29) is 0 Å². The van der Waals surface area contributed by atoms with Gasteiger partial charge in [-0.3, -0.25) is 0 Å². The number of nitrogens with one attached hydrogen (secondary N) is 1. The summed E-state index contributed by atoms with van der Waals surface area (Å²) in [6, 6.07) is 0. The first kappa shape index (κ1) is 2.96. The minimum Gasteiger partial charge on any atom is -0.232 e. The number of nitrogens with zero attached hydrogens (tertiary/aromatic N) is 2. The van der Waals surface area contributed by atoms with Crippen molar-refractivity contribution in [2.45, 2.75) is 0 Å². The monoisotopic (exact) mass is 89.0 g/mol. The zero-order chi connectivity index (χ0) is 3.54. The van der Waals surface area contributed by atoms with Gasteiger partial charge in [0, 0.05) is 0 Å². The van der Waals surface area contributed by atoms with Gasteiger partial charge in [0.25, 0.3) is 0 Å². The summed E-state index contributed by atoms with van der Waals surface area (Å²) in [6.07, 6.45) is 0. The topological polar surface area (TPSA) is 36.8 Å². The van der Waals surface area contributed by atoms with Gasteiger partial charge in [-0.25, -0.2) is 4.83 Å². The second kappa shape index (κ2) is 1.26. The fraction of sp³-hybridized carbons (Fsp3) is 1.00. The standard InChI is InChI=1S/CH3N3S/c1-2-3-4-5-1/h1H2,(H,2,4). The Morgan fingerprint density at radius 3 is 3.00 bits per heavy atom. The van der Waals surface area contributed by atoms with Gasteiger partial charge in [0.15, 0.2) is 0 Å². The highest BCUT2D eigenvalue weighted by atomic mass is 32.2. The van der Waals surface area contributed by atoms with Gasteiger partial charge in [0.2, 0.25) is 0 Å². The Balaban J connectivity index is 2.32. The maximum atomic E-state index is 3.56. The van der Waals surface area contributed by atoms with E-state index >= 15 is 0 Å². The molecule has 0 amide bonds. The lowest BCUT2D eigenvalue weighted by Gasteiger charge is -1.71. The van der Waals surface area contributed by atoms with E-state index in [1.54, 1.807) is 0 Å². The molecule has 1 aliphatic heterocycles. The lowest BCUT2D eigenvalue weighted by atomic mass is 11.5. The minimum atomic E-state index is 0.764. The van der Waals surface area contributed by atoms with Gasteiger partial charge in [-0.05, 0) is 11.9 Å². The Hall–Kier alpha value is -0.250. The van der Waals surface area contributed by atoms with E-state index in [4.69, 9.17) is 0 Å². The second-order valence-corrected chi connectivity index (χ2v) is 1.34. The molecule has 0 saturated carbocycles. The third kappa shape index (κ3) is 0.509. The molecule has 3 nitrogen and oxygen atoms in total. The van der Waals surface area contributed by atoms with Gasteiger partial charge in [-0.1, -0.05) is 5.22 Å². The third-order valence-electron chi connectivity index (χ3n) is 0.298. The number of rotatable bonds is 0. The highest BCUT2D eigenvalue weighted by molar-refractivity contribution is 7.97. The molecule has 1 aliphatic rings. The van der Waals surface area contributed by atoms with Gasteiger partial charge in [0.1, 0.15) is 5.88 Å². The van der Waals surface area contributed by atoms with Crippen LogP contribution < -0.4 is 4.83 Å². The first-order valence-corrected chi connectivity index (χ1v) is 2.22. The summed E-state index contributed by atoms with van der Waals surface area (Å²) in [5.41, 5.74) is 0. The van der Waals surface area contributed by atoms with E-state index in [1.807, 2.05) is 0 Å². The molecule has 4 heteroatoms. The van der Waals surface area contributed by atoms with Crippen LogP contribution >= 0.6 is 11.9 Å². The average Bonchev–Trinajstić information content (AvgIpc) is 1.76. The molecule has 1 heterocycles. The molecule has 0 aromatic carbocycles. The van der Waals surface area contributed by atoms with Crippen LogP contribution in [0.15, 0.2) is 10.3 Å². The van der Waals surface area contributed by atoms with Gasteiger partial charge in [-0.2, -0.15) is 5.11 Å². The molecular formula is CH3N3S. The summed E-state index contributed by atoms with van der Waals surface area (Å²) in [4.78, 5) is 2.60. The Bertz CT molecular complexity index is 44.9. The molecule has 0 bridgehead atoms. The van der Waals surface area contributed by atoms with Crippen LogP contribution in [0.2, 0.25) is 0 Å². The van der Waals surface area contributed by atoms with Crippen molar-refractivity contribution in [1.29, 1.82) is 0 Å². The molecule has 0 spiro atoms. The van der Waals surface area contributed by atoms with Crippen molar-refractivity contribution in [3.8, 4) is 0 Å². The summed E-state index contributed by atoms with van der Waals surface area (Å²) in [5.74, 6) is 0.764. The molecule has 0 unspecified atom stereocenters. The van der Waals surface area contributed by atoms with Crippen molar-refractivity contribution in [3.63, 3.8) is 0 Å². The Labute approximate surface area is 34.0 Å². The average molecular weight is 89.1 g/mol. The van der Waals surface area contributed by atoms with Crippen LogP contribution in [0.4, 0.5) is 0 Å². The SMILES string of the molecule is C1N=NNS1. The van der Waals surface area contributed by atoms with E-state index in [0.717, 1.165) is 5.88 Å². The van der Waals surface area contributed by atoms with Gasteiger partial charge in [-0.15, -0.1) is 0 Å². The molecule has 28 valence electrons. The van der Waals surface area contributed by atoms with Crippen LogP contribution in [0.1, 0.15) is 0 Å². The zero-order valence-electron chi connectivity index (χ0n) is 2.51. The Morgan fingerprint density at radius 2 is 2.80 bits per heavy atom. The Morgan fingerprint density at radius 1 is 1.80 bits per heavy atom. The molecule has 1 rings (SSSR count). The molecule has 0 aromatic heterocycles. The molecule has 5 heavy (non-hydrogen) atoms. The van der Waals surface area contributed by atoms with Gasteiger partial charge >= 0.3 is 0 Å². The van der Waals surface area contributed by atoms with Crippen molar-refractivity contribution in [2.24, 2.45) is 10.3 Å². The third-order valence-corrected chi connectivity index (χ3v) is 0.754. The lowest BCUT2D eigenvalue weighted by molar-refractivity contribution is 0.986. The summed E-state index contributed by atoms with van der Waals surface area (Å²) in [6.45, 7) is 0. The summed E-state index contributed by atoms with van der Waals surface area (Å²) >= 11 is 1.49. The first-order valence-electron chi connectivity index (χ1n) is 1.23. The molecule has 0 saturated heterocycles. The van der Waals surface area contributed by atoms with Gasteiger partial charge < -0.3 is 0 Å². The van der Waals surface area contributed by atoms with Crippen LogP contribution in [-0.2, 0) is 0 Å². The lowest BCUT2D eigenvalue weighted by Crippen LogP contribution is -1.78. The zero-order valence-corrected chi connectivity index (χ0v) is 3.33. The summed E-state index contributed by atoms with van der Waals surface area (Å²) < 4.78 is 0. The molecule has 0 aliphatic carbocycles. The first-order chi connectivity index (χ1) is 2.50. The van der Waals surface area contributed by atoms with Crippen LogP contribution in [0.25, 0.3) is 0 Å². The molecular weight excluding hydrogens is 86.1 g/mol. The van der Waals surface area contributed by atoms with Crippen LogP contribution in [0.5, 0.6) is 0 Å². The van der Waals surface area contributed by atoms with Crippen molar-refractivity contribution in [3.05, 3.63) is 0 Å². The van der Waals surface area contributed by atoms with E-state index in [2.05, 4.69) is 15.2 Å². The number of hydrogen-bond donors (Lipinski definition) is 1. The smallest absolute Gasteiger partial charge is 0.128 e. The quantitative estimate of drug-likeness (QED) is 0.440. The fourth-order valence-electron chi connectivity index (χ4n) is 0.144. The molecule has 1 N–H and O–H groups in total. The predicted octanol–water partition coefficient (Wildman–Crippen LogP) is 0.562. The van der Waals surface area contributed by atoms with E-state index in [9.17, 15) is 0 Å². The maximum Gasteiger partial charge on any atom is 0.128 e. The van der Waals surface area contributed by atoms with Crippen molar-refractivity contribution >= 4 is 11.9 Å². The van der Waals surface area contributed by atoms with Crippen molar-refractivity contribution in [2.75, 3.05) is 5.88 Å². The summed E-state index contributed by atoms with van der Waals surface area (Å²) in [5, 5.41) is 6.98.